The summed E-state index contributed by atoms with van der Waals surface area (Å²) in [6.07, 6.45) is 1.91. The Bertz CT molecular complexity index is 727. The molecule has 1 atom stereocenters. The van der Waals surface area contributed by atoms with Crippen LogP contribution in [0.2, 0.25) is 0 Å². The van der Waals surface area contributed by atoms with Gasteiger partial charge in [-0.2, -0.15) is 0 Å². The van der Waals surface area contributed by atoms with Crippen molar-refractivity contribution < 1.29 is 13.9 Å². The molecule has 0 aromatic heterocycles. The lowest BCUT2D eigenvalue weighted by atomic mass is 9.84. The average Bonchev–Trinajstić information content (AvgIpc) is 2.73. The van der Waals surface area contributed by atoms with Crippen molar-refractivity contribution in [2.75, 3.05) is 0 Å². The number of esters is 1. The minimum atomic E-state index is -0.972. The lowest BCUT2D eigenvalue weighted by molar-refractivity contribution is 0.0273. The highest BCUT2D eigenvalue weighted by Crippen LogP contribution is 2.43. The summed E-state index contributed by atoms with van der Waals surface area (Å²) in [5.41, 5.74) is 2.13. The van der Waals surface area contributed by atoms with E-state index in [2.05, 4.69) is 0 Å². The van der Waals surface area contributed by atoms with Crippen LogP contribution in [0.3, 0.4) is 0 Å². The van der Waals surface area contributed by atoms with Gasteiger partial charge in [0, 0.05) is 11.1 Å². The van der Waals surface area contributed by atoms with Crippen LogP contribution in [0, 0.1) is 5.82 Å². The fraction of sp³-hybridized carbons (Fsp3) is 0.167. The summed E-state index contributed by atoms with van der Waals surface area (Å²) >= 11 is 0. The molecule has 0 fully saturated rings. The van der Waals surface area contributed by atoms with Crippen LogP contribution in [0.5, 0.6) is 0 Å². The van der Waals surface area contributed by atoms with Crippen LogP contribution in [0.1, 0.15) is 35.3 Å². The fourth-order valence-electron chi connectivity index (χ4n) is 2.75. The number of hydrogen-bond donors (Lipinski definition) is 0. The third-order valence-electron chi connectivity index (χ3n) is 3.57. The number of allylic oxidation sites excluding steroid dienone is 1. The molecule has 0 saturated carbocycles. The summed E-state index contributed by atoms with van der Waals surface area (Å²) in [7, 11) is 0. The van der Waals surface area contributed by atoms with Crippen molar-refractivity contribution in [2.45, 2.75) is 19.4 Å². The second kappa shape index (κ2) is 4.85. The largest absolute Gasteiger partial charge is 0.441 e. The van der Waals surface area contributed by atoms with E-state index in [1.54, 1.807) is 18.2 Å². The monoisotopic (exact) mass is 282 g/mol. The van der Waals surface area contributed by atoms with E-state index in [9.17, 15) is 9.18 Å². The Morgan fingerprint density at radius 2 is 1.76 bits per heavy atom. The SMILES string of the molecule is CC(C)=CC1(c2ccc(F)cc2)OC(=O)c2ccccc21. The van der Waals surface area contributed by atoms with Crippen molar-refractivity contribution in [1.29, 1.82) is 0 Å². The molecule has 0 N–H and O–H groups in total. The quantitative estimate of drug-likeness (QED) is 0.609. The molecule has 106 valence electrons. The number of fused-ring (bicyclic) bond motifs is 1. The fourth-order valence-corrected chi connectivity index (χ4v) is 2.75. The molecule has 0 aliphatic carbocycles. The highest BCUT2D eigenvalue weighted by Gasteiger charge is 2.45. The first kappa shape index (κ1) is 13.6. The molecule has 1 aliphatic heterocycles. The van der Waals surface area contributed by atoms with Crippen molar-refractivity contribution in [3.8, 4) is 0 Å². The number of carbonyl (C=O) groups excluding carboxylic acids is 1. The van der Waals surface area contributed by atoms with Gasteiger partial charge in [-0.15, -0.1) is 0 Å². The van der Waals surface area contributed by atoms with Gasteiger partial charge in [-0.25, -0.2) is 9.18 Å². The summed E-state index contributed by atoms with van der Waals surface area (Å²) in [6, 6.07) is 13.4. The molecule has 0 amide bonds. The van der Waals surface area contributed by atoms with E-state index in [1.807, 2.05) is 38.1 Å². The zero-order chi connectivity index (χ0) is 15.0. The zero-order valence-corrected chi connectivity index (χ0v) is 11.9. The number of hydrogen-bond acceptors (Lipinski definition) is 2. The van der Waals surface area contributed by atoms with E-state index in [0.717, 1.165) is 16.7 Å². The number of rotatable bonds is 2. The molecule has 2 nitrogen and oxygen atoms in total. The van der Waals surface area contributed by atoms with Crippen molar-refractivity contribution in [3.63, 3.8) is 0 Å². The van der Waals surface area contributed by atoms with Crippen molar-refractivity contribution in [3.05, 3.63) is 82.7 Å². The van der Waals surface area contributed by atoms with Crippen LogP contribution < -0.4 is 0 Å². The molecule has 2 aromatic carbocycles. The van der Waals surface area contributed by atoms with Gasteiger partial charge in [0.15, 0.2) is 5.60 Å². The van der Waals surface area contributed by atoms with Gasteiger partial charge in [0.1, 0.15) is 5.82 Å². The Balaban J connectivity index is 2.28. The summed E-state index contributed by atoms with van der Waals surface area (Å²) in [6.45, 7) is 3.89. The first-order valence-corrected chi connectivity index (χ1v) is 6.78. The molecule has 0 saturated heterocycles. The van der Waals surface area contributed by atoms with Crippen molar-refractivity contribution in [2.24, 2.45) is 0 Å². The molecule has 0 radical (unpaired) electrons. The summed E-state index contributed by atoms with van der Waals surface area (Å²) in [4.78, 5) is 12.2. The highest BCUT2D eigenvalue weighted by molar-refractivity contribution is 5.96. The molecular formula is C18H15FO2. The van der Waals surface area contributed by atoms with Crippen LogP contribution in [0.4, 0.5) is 4.39 Å². The summed E-state index contributed by atoms with van der Waals surface area (Å²) in [5.74, 6) is -0.670. The number of benzene rings is 2. The molecule has 1 aliphatic rings. The number of ether oxygens (including phenoxy) is 1. The normalized spacial score (nSPS) is 19.9. The Morgan fingerprint density at radius 1 is 1.10 bits per heavy atom. The number of halogens is 1. The first-order chi connectivity index (χ1) is 10.0. The predicted octanol–water partition coefficient (Wildman–Crippen LogP) is 4.21. The van der Waals surface area contributed by atoms with Gasteiger partial charge in [-0.1, -0.05) is 35.9 Å². The lowest BCUT2D eigenvalue weighted by Gasteiger charge is -2.27. The van der Waals surface area contributed by atoms with E-state index in [4.69, 9.17) is 4.74 Å². The van der Waals surface area contributed by atoms with Crippen LogP contribution in [0.25, 0.3) is 0 Å². The van der Waals surface area contributed by atoms with Crippen molar-refractivity contribution in [1.82, 2.24) is 0 Å². The van der Waals surface area contributed by atoms with Gasteiger partial charge in [0.05, 0.1) is 5.56 Å². The van der Waals surface area contributed by atoms with E-state index in [1.165, 1.54) is 12.1 Å². The second-order valence-corrected chi connectivity index (χ2v) is 5.40. The molecule has 3 heteroatoms. The van der Waals surface area contributed by atoms with Crippen LogP contribution in [-0.2, 0) is 10.3 Å². The zero-order valence-electron chi connectivity index (χ0n) is 11.9. The Morgan fingerprint density at radius 3 is 2.43 bits per heavy atom. The Labute approximate surface area is 122 Å². The average molecular weight is 282 g/mol. The smallest absolute Gasteiger partial charge is 0.340 e. The standard InChI is InChI=1S/C18H15FO2/c1-12(2)11-18(13-7-9-14(19)10-8-13)16-6-4-3-5-15(16)17(20)21-18/h3-11H,1-2H3. The van der Waals surface area contributed by atoms with Gasteiger partial charge in [0.25, 0.3) is 0 Å². The number of cyclic esters (lactones) is 1. The molecule has 21 heavy (non-hydrogen) atoms. The van der Waals surface area contributed by atoms with Crippen LogP contribution in [0.15, 0.2) is 60.2 Å². The lowest BCUT2D eigenvalue weighted by Crippen LogP contribution is -2.25. The summed E-state index contributed by atoms with van der Waals surface area (Å²) in [5, 5.41) is 0. The van der Waals surface area contributed by atoms with Crippen LogP contribution in [-0.4, -0.2) is 5.97 Å². The van der Waals surface area contributed by atoms with Crippen molar-refractivity contribution >= 4 is 5.97 Å². The minimum Gasteiger partial charge on any atom is -0.441 e. The van der Waals surface area contributed by atoms with Gasteiger partial charge in [0.2, 0.25) is 0 Å². The second-order valence-electron chi connectivity index (χ2n) is 5.40. The Hall–Kier alpha value is -2.42. The third-order valence-corrected chi connectivity index (χ3v) is 3.57. The predicted molar refractivity (Wildman–Crippen MR) is 78.5 cm³/mol. The van der Waals surface area contributed by atoms with E-state index in [0.29, 0.717) is 5.56 Å². The van der Waals surface area contributed by atoms with Crippen LogP contribution >= 0.6 is 0 Å². The molecule has 3 rings (SSSR count). The third kappa shape index (κ3) is 2.15. The van der Waals surface area contributed by atoms with Gasteiger partial charge >= 0.3 is 5.97 Å². The Kier molecular flexibility index (Phi) is 3.13. The molecular weight excluding hydrogens is 267 g/mol. The maximum Gasteiger partial charge on any atom is 0.340 e. The van der Waals surface area contributed by atoms with Gasteiger partial charge in [-0.3, -0.25) is 0 Å². The maximum absolute atomic E-state index is 13.2. The molecule has 1 unspecified atom stereocenters. The van der Waals surface area contributed by atoms with Gasteiger partial charge in [-0.05, 0) is 38.1 Å². The molecule has 1 heterocycles. The van der Waals surface area contributed by atoms with Gasteiger partial charge < -0.3 is 4.74 Å². The first-order valence-electron chi connectivity index (χ1n) is 6.78. The molecule has 0 spiro atoms. The highest BCUT2D eigenvalue weighted by atomic mass is 19.1. The molecule has 2 aromatic rings. The maximum atomic E-state index is 13.2. The molecule has 0 bridgehead atoms. The van der Waals surface area contributed by atoms with E-state index < -0.39 is 5.60 Å². The summed E-state index contributed by atoms with van der Waals surface area (Å²) < 4.78 is 18.9. The minimum absolute atomic E-state index is 0.316. The van der Waals surface area contributed by atoms with E-state index in [-0.39, 0.29) is 11.8 Å². The van der Waals surface area contributed by atoms with E-state index >= 15 is 0 Å². The number of carbonyl (C=O) groups is 1. The topological polar surface area (TPSA) is 26.3 Å².